The quantitative estimate of drug-likeness (QED) is 0.546. The zero-order valence-electron chi connectivity index (χ0n) is 19.3. The van der Waals surface area contributed by atoms with Crippen LogP contribution in [0.25, 0.3) is 0 Å². The molecule has 0 fully saturated rings. The number of nitrogens with zero attached hydrogens (tertiary/aromatic N) is 1. The van der Waals surface area contributed by atoms with Crippen LogP contribution < -0.4 is 15.5 Å². The number of rotatable bonds is 6. The van der Waals surface area contributed by atoms with Crippen LogP contribution in [-0.4, -0.2) is 30.3 Å². The van der Waals surface area contributed by atoms with Crippen molar-refractivity contribution in [3.05, 3.63) is 95.1 Å². The number of anilines is 2. The Labute approximate surface area is 201 Å². The zero-order chi connectivity index (χ0) is 25.1. The number of nitrogens with one attached hydrogen (secondary N) is 2. The van der Waals surface area contributed by atoms with Gasteiger partial charge in [0.05, 0.1) is 0 Å². The van der Waals surface area contributed by atoms with Crippen molar-refractivity contribution in [1.82, 2.24) is 5.32 Å². The average molecular weight is 478 g/mol. The minimum atomic E-state index is -1.04. The van der Waals surface area contributed by atoms with Crippen LogP contribution in [-0.2, 0) is 11.2 Å². The molecular formula is C27H25F2N3O3. The van der Waals surface area contributed by atoms with Crippen LogP contribution in [0.2, 0.25) is 0 Å². The maximum absolute atomic E-state index is 14.0. The second-order valence-electron chi connectivity index (χ2n) is 8.69. The Morgan fingerprint density at radius 2 is 1.54 bits per heavy atom. The van der Waals surface area contributed by atoms with Crippen LogP contribution in [0.1, 0.15) is 40.1 Å². The number of carbonyl (C=O) groups is 3. The Bertz CT molecular complexity index is 1250. The highest BCUT2D eigenvalue weighted by atomic mass is 19.1. The molecule has 180 valence electrons. The van der Waals surface area contributed by atoms with Crippen molar-refractivity contribution >= 4 is 29.1 Å². The van der Waals surface area contributed by atoms with Gasteiger partial charge in [-0.1, -0.05) is 38.1 Å². The molecule has 2 N–H and O–H groups in total. The molecule has 1 aliphatic rings. The fourth-order valence-corrected chi connectivity index (χ4v) is 4.08. The van der Waals surface area contributed by atoms with E-state index in [0.717, 1.165) is 35.9 Å². The number of carbonyl (C=O) groups excluding carboxylic acids is 3. The first kappa shape index (κ1) is 24.1. The minimum absolute atomic E-state index is 0.132. The van der Waals surface area contributed by atoms with Crippen molar-refractivity contribution in [2.24, 2.45) is 5.92 Å². The lowest BCUT2D eigenvalue weighted by molar-refractivity contribution is -0.118. The van der Waals surface area contributed by atoms with Crippen molar-refractivity contribution in [2.75, 3.05) is 16.8 Å². The van der Waals surface area contributed by atoms with E-state index in [1.54, 1.807) is 43.0 Å². The average Bonchev–Trinajstić information content (AvgIpc) is 3.26. The van der Waals surface area contributed by atoms with Crippen molar-refractivity contribution in [1.29, 1.82) is 0 Å². The Kier molecular flexibility index (Phi) is 6.91. The molecule has 3 aromatic rings. The number of hydrogen-bond acceptors (Lipinski definition) is 3. The van der Waals surface area contributed by atoms with Gasteiger partial charge in [-0.15, -0.1) is 0 Å². The summed E-state index contributed by atoms with van der Waals surface area (Å²) in [5.74, 6) is -4.06. The molecular weight excluding hydrogens is 452 g/mol. The molecule has 1 aliphatic heterocycles. The molecule has 0 aliphatic carbocycles. The maximum atomic E-state index is 14.0. The van der Waals surface area contributed by atoms with Crippen molar-refractivity contribution in [2.45, 2.75) is 26.3 Å². The summed E-state index contributed by atoms with van der Waals surface area (Å²) >= 11 is 0. The molecule has 0 saturated heterocycles. The fraction of sp³-hybridized carbons (Fsp3) is 0.222. The van der Waals surface area contributed by atoms with Gasteiger partial charge in [-0.2, -0.15) is 0 Å². The molecule has 0 spiro atoms. The largest absolute Gasteiger partial charge is 0.340 e. The molecule has 0 saturated carbocycles. The third kappa shape index (κ3) is 5.06. The van der Waals surface area contributed by atoms with Crippen molar-refractivity contribution in [3.8, 4) is 0 Å². The number of para-hydroxylation sites is 1. The van der Waals surface area contributed by atoms with Crippen LogP contribution in [0.5, 0.6) is 0 Å². The van der Waals surface area contributed by atoms with Gasteiger partial charge < -0.3 is 15.5 Å². The molecule has 0 unspecified atom stereocenters. The van der Waals surface area contributed by atoms with Crippen LogP contribution in [0.3, 0.4) is 0 Å². The summed E-state index contributed by atoms with van der Waals surface area (Å²) in [7, 11) is 0. The predicted molar refractivity (Wildman–Crippen MR) is 129 cm³/mol. The molecule has 0 radical (unpaired) electrons. The Morgan fingerprint density at radius 1 is 0.886 bits per heavy atom. The molecule has 0 bridgehead atoms. The van der Waals surface area contributed by atoms with E-state index in [0.29, 0.717) is 17.8 Å². The lowest BCUT2D eigenvalue weighted by atomic mass is 10.0. The Morgan fingerprint density at radius 3 is 2.20 bits per heavy atom. The summed E-state index contributed by atoms with van der Waals surface area (Å²) in [4.78, 5) is 40.1. The molecule has 4 rings (SSSR count). The van der Waals surface area contributed by atoms with Gasteiger partial charge in [0.1, 0.15) is 23.2 Å². The zero-order valence-corrected chi connectivity index (χ0v) is 19.3. The second kappa shape index (κ2) is 10.0. The van der Waals surface area contributed by atoms with E-state index in [2.05, 4.69) is 10.6 Å². The number of halogens is 2. The third-order valence-corrected chi connectivity index (χ3v) is 5.96. The van der Waals surface area contributed by atoms with Gasteiger partial charge in [0.25, 0.3) is 11.8 Å². The molecule has 35 heavy (non-hydrogen) atoms. The first-order valence-electron chi connectivity index (χ1n) is 11.3. The Balaban J connectivity index is 1.44. The Hall–Kier alpha value is -4.07. The summed E-state index contributed by atoms with van der Waals surface area (Å²) in [6, 6.07) is 16.3. The highest BCUT2D eigenvalue weighted by molar-refractivity contribution is 6.07. The lowest BCUT2D eigenvalue weighted by Crippen LogP contribution is -2.47. The van der Waals surface area contributed by atoms with Crippen molar-refractivity contribution < 1.29 is 23.2 Å². The fourth-order valence-electron chi connectivity index (χ4n) is 4.08. The highest BCUT2D eigenvalue weighted by Gasteiger charge is 2.28. The maximum Gasteiger partial charge on any atom is 0.258 e. The number of fused-ring (bicyclic) bond motifs is 1. The molecule has 1 atom stereocenters. The first-order valence-corrected chi connectivity index (χ1v) is 11.3. The summed E-state index contributed by atoms with van der Waals surface area (Å²) in [5.41, 5.74) is 2.18. The normalized spacial score (nSPS) is 13.3. The summed E-state index contributed by atoms with van der Waals surface area (Å²) < 4.78 is 27.9. The number of hydrogen-bond donors (Lipinski definition) is 2. The van der Waals surface area contributed by atoms with E-state index in [1.165, 1.54) is 0 Å². The monoisotopic (exact) mass is 477 g/mol. The lowest BCUT2D eigenvalue weighted by Gasteiger charge is -2.22. The summed E-state index contributed by atoms with van der Waals surface area (Å²) in [6.07, 6.45) is 0.801. The summed E-state index contributed by atoms with van der Waals surface area (Å²) in [6.45, 7) is 4.02. The molecule has 8 heteroatoms. The second-order valence-corrected chi connectivity index (χ2v) is 8.69. The molecule has 3 aromatic carbocycles. The molecule has 1 heterocycles. The molecule has 3 amide bonds. The minimum Gasteiger partial charge on any atom is -0.340 e. The van der Waals surface area contributed by atoms with E-state index in [4.69, 9.17) is 0 Å². The van der Waals surface area contributed by atoms with Crippen LogP contribution in [0, 0.1) is 17.6 Å². The van der Waals surface area contributed by atoms with Gasteiger partial charge in [-0.3, -0.25) is 14.4 Å². The van der Waals surface area contributed by atoms with E-state index in [-0.39, 0.29) is 11.8 Å². The third-order valence-electron chi connectivity index (χ3n) is 5.96. The van der Waals surface area contributed by atoms with E-state index < -0.39 is 35.1 Å². The highest BCUT2D eigenvalue weighted by Crippen LogP contribution is 2.29. The van der Waals surface area contributed by atoms with Crippen molar-refractivity contribution in [3.63, 3.8) is 0 Å². The van der Waals surface area contributed by atoms with Crippen LogP contribution in [0.4, 0.5) is 20.2 Å². The van der Waals surface area contributed by atoms with Gasteiger partial charge >= 0.3 is 0 Å². The standard InChI is InChI=1S/C27H25F2N3O3/c1-16(2)24(31-25(33)23-20(28)7-5-8-21(23)29)26(34)30-19-12-10-18(11-13-19)27(35)32-15-14-17-6-3-4-9-22(17)32/h3-13,16,24H,14-15H2,1-2H3,(H,30,34)(H,31,33)/t24-/m0/s1. The van der Waals surface area contributed by atoms with E-state index >= 15 is 0 Å². The van der Waals surface area contributed by atoms with Gasteiger partial charge in [-0.25, -0.2) is 8.78 Å². The molecule has 0 aromatic heterocycles. The number of amides is 3. The van der Waals surface area contributed by atoms with Gasteiger partial charge in [0, 0.05) is 23.5 Å². The number of benzene rings is 3. The van der Waals surface area contributed by atoms with E-state index in [9.17, 15) is 23.2 Å². The molecule has 6 nitrogen and oxygen atoms in total. The van der Waals surface area contributed by atoms with Gasteiger partial charge in [0.2, 0.25) is 5.91 Å². The first-order chi connectivity index (χ1) is 16.8. The van der Waals surface area contributed by atoms with Crippen LogP contribution in [0.15, 0.2) is 66.7 Å². The topological polar surface area (TPSA) is 78.5 Å². The predicted octanol–water partition coefficient (Wildman–Crippen LogP) is 4.56. The SMILES string of the molecule is CC(C)[C@H](NC(=O)c1c(F)cccc1F)C(=O)Nc1ccc(C(=O)N2CCc3ccccc32)cc1. The van der Waals surface area contributed by atoms with Gasteiger partial charge in [0.15, 0.2) is 0 Å². The van der Waals surface area contributed by atoms with Crippen LogP contribution >= 0.6 is 0 Å². The van der Waals surface area contributed by atoms with E-state index in [1.807, 2.05) is 24.3 Å². The van der Waals surface area contributed by atoms with Gasteiger partial charge in [-0.05, 0) is 60.4 Å². The smallest absolute Gasteiger partial charge is 0.258 e. The summed E-state index contributed by atoms with van der Waals surface area (Å²) in [5, 5.41) is 5.11.